The second kappa shape index (κ2) is 7.38. The summed E-state index contributed by atoms with van der Waals surface area (Å²) in [7, 11) is 0. The van der Waals surface area contributed by atoms with Crippen molar-refractivity contribution >= 4 is 11.9 Å². The highest BCUT2D eigenvalue weighted by Gasteiger charge is 2.34. The molecule has 1 aromatic carbocycles. The van der Waals surface area contributed by atoms with Crippen LogP contribution in [0, 0.1) is 0 Å². The van der Waals surface area contributed by atoms with Crippen LogP contribution in [0.15, 0.2) is 48.4 Å². The minimum Gasteiger partial charge on any atom is -0.504 e. The third-order valence-corrected chi connectivity index (χ3v) is 3.69. The predicted molar refractivity (Wildman–Crippen MR) is 89.9 cm³/mol. The molecule has 24 heavy (non-hydrogen) atoms. The molecule has 3 nitrogen and oxygen atoms in total. The summed E-state index contributed by atoms with van der Waals surface area (Å²) in [6.45, 7) is 4.99. The van der Waals surface area contributed by atoms with Crippen molar-refractivity contribution in [3.05, 3.63) is 53.9 Å². The summed E-state index contributed by atoms with van der Waals surface area (Å²) < 4.78 is 38.4. The molecule has 0 atom stereocenters. The lowest BCUT2D eigenvalue weighted by Crippen LogP contribution is -2.24. The van der Waals surface area contributed by atoms with Crippen molar-refractivity contribution < 1.29 is 18.3 Å². The molecule has 0 amide bonds. The van der Waals surface area contributed by atoms with Crippen molar-refractivity contribution in [3.8, 4) is 11.1 Å². The number of nitrogens with zero attached hydrogens (tertiary/aromatic N) is 2. The van der Waals surface area contributed by atoms with Crippen LogP contribution >= 0.6 is 0 Å². The predicted octanol–water partition coefficient (Wildman–Crippen LogP) is 5.06. The van der Waals surface area contributed by atoms with Crippen LogP contribution in [0.5, 0.6) is 0 Å². The van der Waals surface area contributed by atoms with E-state index in [-0.39, 0.29) is 5.56 Å². The highest BCUT2D eigenvalue weighted by atomic mass is 19.4. The molecule has 0 radical (unpaired) electrons. The van der Waals surface area contributed by atoms with E-state index in [1.807, 2.05) is 49.1 Å². The molecule has 0 fully saturated rings. The molecule has 2 aromatic rings. The Hall–Kier alpha value is -2.50. The van der Waals surface area contributed by atoms with E-state index in [2.05, 4.69) is 4.98 Å². The first-order valence-corrected chi connectivity index (χ1v) is 7.65. The van der Waals surface area contributed by atoms with Gasteiger partial charge in [-0.15, -0.1) is 0 Å². The molecular formula is C18H19F3N2O. The van der Waals surface area contributed by atoms with Gasteiger partial charge in [0.15, 0.2) is 5.76 Å². The number of aliphatic hydroxyl groups excluding tert-OH is 1. The Morgan fingerprint density at radius 1 is 1.12 bits per heavy atom. The maximum Gasteiger partial charge on any atom is 0.448 e. The molecule has 1 aromatic heterocycles. The molecule has 0 bridgehead atoms. The van der Waals surface area contributed by atoms with Gasteiger partial charge in [-0.25, -0.2) is 4.98 Å². The van der Waals surface area contributed by atoms with Gasteiger partial charge in [-0.1, -0.05) is 30.3 Å². The zero-order chi connectivity index (χ0) is 17.7. The summed E-state index contributed by atoms with van der Waals surface area (Å²) in [6, 6.07) is 10.7. The maximum absolute atomic E-state index is 12.8. The second-order valence-electron chi connectivity index (χ2n) is 5.16. The van der Waals surface area contributed by atoms with Crippen molar-refractivity contribution in [2.75, 3.05) is 18.0 Å². The van der Waals surface area contributed by atoms with Crippen LogP contribution in [-0.2, 0) is 0 Å². The lowest BCUT2D eigenvalue weighted by atomic mass is 9.99. The number of hydrogen-bond acceptors (Lipinski definition) is 3. The number of alkyl halides is 3. The second-order valence-corrected chi connectivity index (χ2v) is 5.16. The van der Waals surface area contributed by atoms with Gasteiger partial charge in [0, 0.05) is 24.8 Å². The lowest BCUT2D eigenvalue weighted by Gasteiger charge is -2.23. The first-order valence-electron chi connectivity index (χ1n) is 7.65. The molecule has 0 aliphatic carbocycles. The first-order chi connectivity index (χ1) is 11.4. The summed E-state index contributed by atoms with van der Waals surface area (Å²) in [5.74, 6) is -1.22. The van der Waals surface area contributed by atoms with Gasteiger partial charge in [-0.3, -0.25) is 0 Å². The van der Waals surface area contributed by atoms with E-state index in [1.165, 1.54) is 0 Å². The molecule has 1 heterocycles. The van der Waals surface area contributed by atoms with Gasteiger partial charge in [-0.2, -0.15) is 13.2 Å². The van der Waals surface area contributed by atoms with E-state index >= 15 is 0 Å². The molecule has 0 saturated heterocycles. The van der Waals surface area contributed by atoms with Crippen LogP contribution < -0.4 is 4.90 Å². The molecule has 0 aliphatic rings. The summed E-state index contributed by atoms with van der Waals surface area (Å²) in [6.07, 6.45) is -2.48. The largest absolute Gasteiger partial charge is 0.504 e. The molecule has 6 heteroatoms. The van der Waals surface area contributed by atoms with Crippen LogP contribution in [0.1, 0.15) is 19.4 Å². The molecule has 2 rings (SSSR count). The number of benzene rings is 1. The minimum atomic E-state index is -4.80. The molecule has 0 unspecified atom stereocenters. The number of rotatable bonds is 5. The average molecular weight is 336 g/mol. The number of allylic oxidation sites excluding steroid dienone is 1. The van der Waals surface area contributed by atoms with Crippen molar-refractivity contribution in [1.29, 1.82) is 0 Å². The highest BCUT2D eigenvalue weighted by molar-refractivity contribution is 5.82. The average Bonchev–Trinajstić information content (AvgIpc) is 2.57. The van der Waals surface area contributed by atoms with Crippen LogP contribution in [0.3, 0.4) is 0 Å². The van der Waals surface area contributed by atoms with Crippen molar-refractivity contribution in [2.45, 2.75) is 20.0 Å². The summed E-state index contributed by atoms with van der Waals surface area (Å²) in [4.78, 5) is 6.09. The van der Waals surface area contributed by atoms with Gasteiger partial charge in [0.2, 0.25) is 0 Å². The third-order valence-electron chi connectivity index (χ3n) is 3.69. The number of halogens is 3. The number of aliphatic hydroxyl groups is 1. The van der Waals surface area contributed by atoms with Crippen LogP contribution in [0.25, 0.3) is 17.2 Å². The summed E-state index contributed by atoms with van der Waals surface area (Å²) >= 11 is 0. The smallest absolute Gasteiger partial charge is 0.448 e. The number of anilines is 1. The molecule has 0 saturated carbocycles. The molecular weight excluding hydrogens is 317 g/mol. The van der Waals surface area contributed by atoms with Crippen LogP contribution in [0.2, 0.25) is 0 Å². The minimum absolute atomic E-state index is 0.252. The van der Waals surface area contributed by atoms with Crippen molar-refractivity contribution in [1.82, 2.24) is 4.98 Å². The van der Waals surface area contributed by atoms with E-state index in [4.69, 9.17) is 0 Å². The molecule has 0 aliphatic heterocycles. The van der Waals surface area contributed by atoms with E-state index < -0.39 is 11.9 Å². The standard InChI is InChI=1S/C18H19F3N2O/c1-3-23(4-2)17-15(12-16(24)18(19,20)21)14(10-11-22-17)13-8-6-5-7-9-13/h5-12,24H,3-4H2,1-2H3/b16-12-. The SMILES string of the molecule is CCN(CC)c1nccc(-c2ccccc2)c1/C=C(\O)C(F)(F)F. The maximum atomic E-state index is 12.8. The Kier molecular flexibility index (Phi) is 5.49. The fourth-order valence-electron chi connectivity index (χ4n) is 2.47. The molecule has 0 spiro atoms. The Morgan fingerprint density at radius 2 is 1.75 bits per heavy atom. The fourth-order valence-corrected chi connectivity index (χ4v) is 2.47. The van der Waals surface area contributed by atoms with Gasteiger partial charge in [0.1, 0.15) is 5.82 Å². The van der Waals surface area contributed by atoms with Crippen LogP contribution in [-0.4, -0.2) is 29.4 Å². The van der Waals surface area contributed by atoms with Gasteiger partial charge in [0.05, 0.1) is 0 Å². The topological polar surface area (TPSA) is 36.4 Å². The Labute approximate surface area is 139 Å². The Morgan fingerprint density at radius 3 is 2.29 bits per heavy atom. The van der Waals surface area contributed by atoms with E-state index in [0.717, 1.165) is 11.6 Å². The van der Waals surface area contributed by atoms with Crippen LogP contribution in [0.4, 0.5) is 19.0 Å². The number of aromatic nitrogens is 1. The van der Waals surface area contributed by atoms with Gasteiger partial charge < -0.3 is 10.0 Å². The zero-order valence-corrected chi connectivity index (χ0v) is 13.5. The molecule has 1 N–H and O–H groups in total. The fraction of sp³-hybridized carbons (Fsp3) is 0.278. The molecule has 128 valence electrons. The normalized spacial score (nSPS) is 12.3. The number of pyridine rings is 1. The lowest BCUT2D eigenvalue weighted by molar-refractivity contribution is -0.119. The van der Waals surface area contributed by atoms with Gasteiger partial charge in [0.25, 0.3) is 0 Å². The Balaban J connectivity index is 2.70. The zero-order valence-electron chi connectivity index (χ0n) is 13.5. The monoisotopic (exact) mass is 336 g/mol. The Bertz CT molecular complexity index is 708. The van der Waals surface area contributed by atoms with E-state index in [9.17, 15) is 18.3 Å². The summed E-state index contributed by atoms with van der Waals surface area (Å²) in [5.41, 5.74) is 1.60. The van der Waals surface area contributed by atoms with Gasteiger partial charge in [-0.05, 0) is 37.1 Å². The number of hydrogen-bond donors (Lipinski definition) is 1. The highest BCUT2D eigenvalue weighted by Crippen LogP contribution is 2.34. The van der Waals surface area contributed by atoms with Crippen molar-refractivity contribution in [2.24, 2.45) is 0 Å². The third kappa shape index (κ3) is 3.88. The van der Waals surface area contributed by atoms with E-state index in [1.54, 1.807) is 12.3 Å². The van der Waals surface area contributed by atoms with Crippen molar-refractivity contribution in [3.63, 3.8) is 0 Å². The van der Waals surface area contributed by atoms with E-state index in [0.29, 0.717) is 24.5 Å². The quantitative estimate of drug-likeness (QED) is 0.776. The summed E-state index contributed by atoms with van der Waals surface area (Å²) in [5, 5.41) is 9.45. The van der Waals surface area contributed by atoms with Gasteiger partial charge >= 0.3 is 6.18 Å². The first kappa shape index (κ1) is 17.8.